The molecule has 1 heterocycles. The lowest BCUT2D eigenvalue weighted by molar-refractivity contribution is -0.173. The molecule has 0 bridgehead atoms. The molecule has 1 aromatic carbocycles. The van der Waals surface area contributed by atoms with Crippen molar-refractivity contribution in [1.82, 2.24) is 5.32 Å². The van der Waals surface area contributed by atoms with E-state index >= 15 is 0 Å². The molecule has 1 atom stereocenters. The highest BCUT2D eigenvalue weighted by Crippen LogP contribution is 2.30. The van der Waals surface area contributed by atoms with Crippen molar-refractivity contribution in [3.8, 4) is 0 Å². The Labute approximate surface area is 96.0 Å². The van der Waals surface area contributed by atoms with Crippen molar-refractivity contribution in [2.45, 2.75) is 12.1 Å². The number of rotatable bonds is 2. The molecule has 1 aliphatic heterocycles. The van der Waals surface area contributed by atoms with Crippen molar-refractivity contribution in [3.63, 3.8) is 0 Å². The maximum atomic E-state index is 12.0. The highest BCUT2D eigenvalue weighted by atomic mass is 19.4. The molecule has 1 unspecified atom stereocenters. The van der Waals surface area contributed by atoms with Gasteiger partial charge in [-0.1, -0.05) is 18.2 Å². The van der Waals surface area contributed by atoms with Gasteiger partial charge in [-0.05, 0) is 11.6 Å². The van der Waals surface area contributed by atoms with Gasteiger partial charge in [0.15, 0.2) is 0 Å². The third kappa shape index (κ3) is 2.51. The van der Waals surface area contributed by atoms with Crippen LogP contribution in [0.5, 0.6) is 0 Å². The van der Waals surface area contributed by atoms with E-state index in [0.717, 1.165) is 11.3 Å². The van der Waals surface area contributed by atoms with E-state index in [1.54, 1.807) is 0 Å². The molecule has 1 aliphatic rings. The molecule has 1 amide bonds. The van der Waals surface area contributed by atoms with Crippen LogP contribution in [0.4, 0.5) is 18.9 Å². The second-order valence-electron chi connectivity index (χ2n) is 3.87. The summed E-state index contributed by atoms with van der Waals surface area (Å²) >= 11 is 0. The number of carbonyl (C=O) groups is 1. The van der Waals surface area contributed by atoms with Crippen molar-refractivity contribution < 1.29 is 18.0 Å². The Hall–Kier alpha value is -1.72. The average molecular weight is 244 g/mol. The van der Waals surface area contributed by atoms with Crippen molar-refractivity contribution in [1.29, 1.82) is 0 Å². The minimum atomic E-state index is -4.81. The summed E-state index contributed by atoms with van der Waals surface area (Å²) in [5.74, 6) is -2.00. The lowest BCUT2D eigenvalue weighted by Gasteiger charge is -2.12. The minimum Gasteiger partial charge on any atom is -0.384 e. The van der Waals surface area contributed by atoms with E-state index in [9.17, 15) is 18.0 Å². The lowest BCUT2D eigenvalue weighted by atomic mass is 10.0. The van der Waals surface area contributed by atoms with E-state index in [1.807, 2.05) is 29.6 Å². The van der Waals surface area contributed by atoms with Gasteiger partial charge < -0.3 is 10.6 Å². The molecule has 0 saturated heterocycles. The largest absolute Gasteiger partial charge is 0.471 e. The summed E-state index contributed by atoms with van der Waals surface area (Å²) in [6.07, 6.45) is -4.81. The number of amides is 1. The molecule has 0 aliphatic carbocycles. The second kappa shape index (κ2) is 4.27. The summed E-state index contributed by atoms with van der Waals surface area (Å²) in [6.45, 7) is 0.528. The van der Waals surface area contributed by atoms with E-state index in [2.05, 4.69) is 5.32 Å². The molecule has 1 aromatic rings. The Balaban J connectivity index is 1.97. The molecular weight excluding hydrogens is 233 g/mol. The normalized spacial score (nSPS) is 18.4. The predicted molar refractivity (Wildman–Crippen MR) is 56.7 cm³/mol. The van der Waals surface area contributed by atoms with E-state index in [4.69, 9.17) is 0 Å². The average Bonchev–Trinajstić information content (AvgIpc) is 2.68. The molecule has 92 valence electrons. The van der Waals surface area contributed by atoms with Gasteiger partial charge in [0.25, 0.3) is 0 Å². The number of alkyl halides is 3. The fraction of sp³-hybridized carbons (Fsp3) is 0.364. The molecule has 2 rings (SSSR count). The van der Waals surface area contributed by atoms with Gasteiger partial charge in [-0.2, -0.15) is 13.2 Å². The third-order valence-corrected chi connectivity index (χ3v) is 2.71. The molecule has 0 radical (unpaired) electrons. The van der Waals surface area contributed by atoms with Crippen LogP contribution in [0, 0.1) is 0 Å². The van der Waals surface area contributed by atoms with Gasteiger partial charge in [-0.3, -0.25) is 4.79 Å². The number of hydrogen-bond donors (Lipinski definition) is 2. The van der Waals surface area contributed by atoms with Gasteiger partial charge in [0, 0.05) is 24.7 Å². The van der Waals surface area contributed by atoms with Crippen LogP contribution in [-0.2, 0) is 4.79 Å². The molecule has 3 nitrogen and oxygen atoms in total. The van der Waals surface area contributed by atoms with Crippen LogP contribution in [-0.4, -0.2) is 25.2 Å². The smallest absolute Gasteiger partial charge is 0.384 e. The maximum absolute atomic E-state index is 12.0. The van der Waals surface area contributed by atoms with Gasteiger partial charge >= 0.3 is 12.1 Å². The standard InChI is InChI=1S/C11H11F3N2O/c12-11(13,14)10(17)16-6-7-5-15-9-4-2-1-3-8(7)9/h1-4,7,15H,5-6H2,(H,16,17). The van der Waals surface area contributed by atoms with E-state index in [-0.39, 0.29) is 12.5 Å². The first-order valence-corrected chi connectivity index (χ1v) is 5.16. The first-order valence-electron chi connectivity index (χ1n) is 5.16. The number of para-hydroxylation sites is 1. The number of halogens is 3. The molecule has 2 N–H and O–H groups in total. The number of carbonyl (C=O) groups excluding carboxylic acids is 1. The SMILES string of the molecule is O=C(NCC1CNc2ccccc21)C(F)(F)F. The number of benzene rings is 1. The minimum absolute atomic E-state index is 0.0116. The Morgan fingerprint density at radius 3 is 2.82 bits per heavy atom. The quantitative estimate of drug-likeness (QED) is 0.833. The lowest BCUT2D eigenvalue weighted by Crippen LogP contribution is -2.39. The monoisotopic (exact) mass is 244 g/mol. The Morgan fingerprint density at radius 1 is 1.41 bits per heavy atom. The molecule has 0 spiro atoms. The van der Waals surface area contributed by atoms with Gasteiger partial charge in [0.1, 0.15) is 0 Å². The zero-order chi connectivity index (χ0) is 12.5. The van der Waals surface area contributed by atoms with Crippen LogP contribution in [0.2, 0.25) is 0 Å². The van der Waals surface area contributed by atoms with Crippen molar-refractivity contribution in [3.05, 3.63) is 29.8 Å². The summed E-state index contributed by atoms with van der Waals surface area (Å²) in [5, 5.41) is 4.98. The van der Waals surface area contributed by atoms with Crippen LogP contribution in [0.3, 0.4) is 0 Å². The highest BCUT2D eigenvalue weighted by molar-refractivity contribution is 5.81. The number of nitrogens with one attached hydrogen (secondary N) is 2. The van der Waals surface area contributed by atoms with Crippen LogP contribution in [0.25, 0.3) is 0 Å². The molecule has 0 aromatic heterocycles. The first kappa shape index (κ1) is 11.8. The zero-order valence-electron chi connectivity index (χ0n) is 8.84. The number of anilines is 1. The molecule has 17 heavy (non-hydrogen) atoms. The van der Waals surface area contributed by atoms with E-state index in [1.165, 1.54) is 0 Å². The third-order valence-electron chi connectivity index (χ3n) is 2.71. The Kier molecular flexibility index (Phi) is 2.95. The molecular formula is C11H11F3N2O. The Morgan fingerprint density at radius 2 is 2.12 bits per heavy atom. The van der Waals surface area contributed by atoms with Crippen molar-refractivity contribution in [2.75, 3.05) is 18.4 Å². The van der Waals surface area contributed by atoms with Gasteiger partial charge in [-0.15, -0.1) is 0 Å². The fourth-order valence-electron chi connectivity index (χ4n) is 1.86. The number of hydrogen-bond acceptors (Lipinski definition) is 2. The summed E-state index contributed by atoms with van der Waals surface area (Å²) in [5.41, 5.74) is 1.86. The zero-order valence-corrected chi connectivity index (χ0v) is 8.84. The van der Waals surface area contributed by atoms with Gasteiger partial charge in [0.2, 0.25) is 0 Å². The second-order valence-corrected chi connectivity index (χ2v) is 3.87. The summed E-state index contributed by atoms with van der Waals surface area (Å²) < 4.78 is 36.0. The van der Waals surface area contributed by atoms with Crippen molar-refractivity contribution in [2.24, 2.45) is 0 Å². The molecule has 0 saturated carbocycles. The highest BCUT2D eigenvalue weighted by Gasteiger charge is 2.38. The predicted octanol–water partition coefficient (Wildman–Crippen LogP) is 1.87. The van der Waals surface area contributed by atoms with Crippen LogP contribution in [0.1, 0.15) is 11.5 Å². The van der Waals surface area contributed by atoms with E-state index in [0.29, 0.717) is 6.54 Å². The maximum Gasteiger partial charge on any atom is 0.471 e. The fourth-order valence-corrected chi connectivity index (χ4v) is 1.86. The molecule has 0 fully saturated rings. The van der Waals surface area contributed by atoms with Gasteiger partial charge in [0.05, 0.1) is 0 Å². The van der Waals surface area contributed by atoms with Crippen LogP contribution < -0.4 is 10.6 Å². The topological polar surface area (TPSA) is 41.1 Å². The van der Waals surface area contributed by atoms with E-state index < -0.39 is 12.1 Å². The van der Waals surface area contributed by atoms with Crippen molar-refractivity contribution >= 4 is 11.6 Å². The van der Waals surface area contributed by atoms with Crippen LogP contribution >= 0.6 is 0 Å². The first-order chi connectivity index (χ1) is 7.98. The molecule has 6 heteroatoms. The number of fused-ring (bicyclic) bond motifs is 1. The van der Waals surface area contributed by atoms with Gasteiger partial charge in [-0.25, -0.2) is 0 Å². The Bertz CT molecular complexity index is 431. The van der Waals surface area contributed by atoms with Crippen LogP contribution in [0.15, 0.2) is 24.3 Å². The summed E-state index contributed by atoms with van der Waals surface area (Å²) in [7, 11) is 0. The summed E-state index contributed by atoms with van der Waals surface area (Å²) in [6, 6.07) is 7.38. The summed E-state index contributed by atoms with van der Waals surface area (Å²) in [4.78, 5) is 10.7.